The summed E-state index contributed by atoms with van der Waals surface area (Å²) in [5, 5.41) is 2.69. The highest BCUT2D eigenvalue weighted by molar-refractivity contribution is 7.92. The fourth-order valence-corrected chi connectivity index (χ4v) is 3.31. The lowest BCUT2D eigenvalue weighted by Crippen LogP contribution is -2.41. The van der Waals surface area contributed by atoms with Crippen LogP contribution in [-0.2, 0) is 14.8 Å². The van der Waals surface area contributed by atoms with E-state index in [9.17, 15) is 13.2 Å². The van der Waals surface area contributed by atoms with E-state index in [0.29, 0.717) is 12.3 Å². The SMILES string of the molecule is Cc1ccc(OCCNC(=O)CN(c2ccc(C)c(C)c2)S(C)(=O)=O)cc1. The van der Waals surface area contributed by atoms with Gasteiger partial charge in [-0.1, -0.05) is 23.8 Å². The number of ether oxygens (including phenoxy) is 1. The van der Waals surface area contributed by atoms with Crippen LogP contribution in [0.4, 0.5) is 5.69 Å². The van der Waals surface area contributed by atoms with Crippen molar-refractivity contribution in [2.24, 2.45) is 0 Å². The molecule has 0 aliphatic rings. The molecule has 0 aliphatic carbocycles. The number of sulfonamides is 1. The number of carbonyl (C=O) groups excluding carboxylic acids is 1. The van der Waals surface area contributed by atoms with Crippen LogP contribution in [0.2, 0.25) is 0 Å². The highest BCUT2D eigenvalue weighted by Gasteiger charge is 2.21. The van der Waals surface area contributed by atoms with E-state index in [4.69, 9.17) is 4.74 Å². The second-order valence-corrected chi connectivity index (χ2v) is 8.46. The van der Waals surface area contributed by atoms with Gasteiger partial charge in [0, 0.05) is 0 Å². The van der Waals surface area contributed by atoms with E-state index in [0.717, 1.165) is 33.0 Å². The molecule has 0 aromatic heterocycles. The molecule has 0 atom stereocenters. The van der Waals surface area contributed by atoms with Gasteiger partial charge in [0.05, 0.1) is 18.5 Å². The number of anilines is 1. The molecule has 0 saturated heterocycles. The van der Waals surface area contributed by atoms with Crippen LogP contribution in [0.5, 0.6) is 5.75 Å². The highest BCUT2D eigenvalue weighted by atomic mass is 32.2. The summed E-state index contributed by atoms with van der Waals surface area (Å²) in [7, 11) is -3.58. The molecule has 0 unspecified atom stereocenters. The van der Waals surface area contributed by atoms with Crippen molar-refractivity contribution < 1.29 is 17.9 Å². The predicted octanol–water partition coefficient (Wildman–Crippen LogP) is 2.57. The molecular weight excluding hydrogens is 364 g/mol. The first-order valence-corrected chi connectivity index (χ1v) is 10.5. The number of hydrogen-bond acceptors (Lipinski definition) is 4. The van der Waals surface area contributed by atoms with Gasteiger partial charge in [0.25, 0.3) is 0 Å². The average molecular weight is 391 g/mol. The topological polar surface area (TPSA) is 75.7 Å². The fourth-order valence-electron chi connectivity index (χ4n) is 2.46. The number of rotatable bonds is 8. The summed E-state index contributed by atoms with van der Waals surface area (Å²) in [6.07, 6.45) is 1.09. The van der Waals surface area contributed by atoms with Crippen molar-refractivity contribution >= 4 is 21.6 Å². The Kier molecular flexibility index (Phi) is 6.85. The van der Waals surface area contributed by atoms with Crippen LogP contribution in [0.1, 0.15) is 16.7 Å². The maximum atomic E-state index is 12.2. The molecule has 0 aliphatic heterocycles. The lowest BCUT2D eigenvalue weighted by molar-refractivity contribution is -0.119. The van der Waals surface area contributed by atoms with Gasteiger partial charge in [-0.05, 0) is 56.2 Å². The number of benzene rings is 2. The second-order valence-electron chi connectivity index (χ2n) is 6.55. The molecule has 0 spiro atoms. The van der Waals surface area contributed by atoms with Gasteiger partial charge in [0.15, 0.2) is 0 Å². The Morgan fingerprint density at radius 1 is 1.04 bits per heavy atom. The molecule has 2 aromatic rings. The standard InChI is InChI=1S/C20H26N2O4S/c1-15-5-9-19(10-6-15)26-12-11-21-20(23)14-22(27(4,24)25)18-8-7-16(2)17(3)13-18/h5-10,13H,11-12,14H2,1-4H3,(H,21,23). The Morgan fingerprint density at radius 2 is 1.70 bits per heavy atom. The Labute approximate surface area is 161 Å². The van der Waals surface area contributed by atoms with E-state index < -0.39 is 10.0 Å². The largest absolute Gasteiger partial charge is 0.492 e. The summed E-state index contributed by atoms with van der Waals surface area (Å²) in [6.45, 7) is 6.17. The van der Waals surface area contributed by atoms with Crippen LogP contribution in [0.3, 0.4) is 0 Å². The molecule has 0 bridgehead atoms. The van der Waals surface area contributed by atoms with Gasteiger partial charge in [-0.15, -0.1) is 0 Å². The van der Waals surface area contributed by atoms with E-state index in [-0.39, 0.29) is 19.0 Å². The summed E-state index contributed by atoms with van der Waals surface area (Å²) >= 11 is 0. The van der Waals surface area contributed by atoms with E-state index in [1.54, 1.807) is 12.1 Å². The minimum absolute atomic E-state index is 0.272. The average Bonchev–Trinajstić information content (AvgIpc) is 2.60. The van der Waals surface area contributed by atoms with E-state index in [2.05, 4.69) is 5.32 Å². The van der Waals surface area contributed by atoms with Crippen LogP contribution in [-0.4, -0.2) is 40.3 Å². The number of carbonyl (C=O) groups is 1. The first-order valence-electron chi connectivity index (χ1n) is 8.68. The molecule has 0 heterocycles. The molecule has 0 radical (unpaired) electrons. The molecule has 1 amide bonds. The van der Waals surface area contributed by atoms with Crippen LogP contribution >= 0.6 is 0 Å². The van der Waals surface area contributed by atoms with Crippen LogP contribution < -0.4 is 14.4 Å². The number of nitrogens with one attached hydrogen (secondary N) is 1. The van der Waals surface area contributed by atoms with E-state index in [1.165, 1.54) is 0 Å². The maximum Gasteiger partial charge on any atom is 0.240 e. The lowest BCUT2D eigenvalue weighted by Gasteiger charge is -2.22. The zero-order valence-corrected chi connectivity index (χ0v) is 17.0. The molecule has 27 heavy (non-hydrogen) atoms. The van der Waals surface area contributed by atoms with E-state index >= 15 is 0 Å². The third-order valence-electron chi connectivity index (χ3n) is 4.18. The van der Waals surface area contributed by atoms with Crippen molar-refractivity contribution in [3.63, 3.8) is 0 Å². The first kappa shape index (κ1) is 20.8. The molecule has 0 fully saturated rings. The molecule has 1 N–H and O–H groups in total. The van der Waals surface area contributed by atoms with Crippen molar-refractivity contribution in [3.05, 3.63) is 59.2 Å². The summed E-state index contributed by atoms with van der Waals surface area (Å²) in [6, 6.07) is 12.9. The summed E-state index contributed by atoms with van der Waals surface area (Å²) in [5.74, 6) is 0.342. The molecule has 2 rings (SSSR count). The number of hydrogen-bond donors (Lipinski definition) is 1. The predicted molar refractivity (Wildman–Crippen MR) is 108 cm³/mol. The third-order valence-corrected chi connectivity index (χ3v) is 5.32. The monoisotopic (exact) mass is 390 g/mol. The van der Waals surface area contributed by atoms with Crippen LogP contribution in [0.15, 0.2) is 42.5 Å². The quantitative estimate of drug-likeness (QED) is 0.703. The molecule has 0 saturated carbocycles. The van der Waals surface area contributed by atoms with Gasteiger partial charge in [0.1, 0.15) is 18.9 Å². The minimum atomic E-state index is -3.58. The number of amides is 1. The van der Waals surface area contributed by atoms with Crippen molar-refractivity contribution in [2.75, 3.05) is 30.3 Å². The van der Waals surface area contributed by atoms with Crippen LogP contribution in [0.25, 0.3) is 0 Å². The molecule has 6 nitrogen and oxygen atoms in total. The minimum Gasteiger partial charge on any atom is -0.492 e. The molecular formula is C20H26N2O4S. The first-order chi connectivity index (χ1) is 12.7. The Hall–Kier alpha value is -2.54. The van der Waals surface area contributed by atoms with E-state index in [1.807, 2.05) is 51.1 Å². The van der Waals surface area contributed by atoms with Gasteiger partial charge in [-0.25, -0.2) is 8.42 Å². The van der Waals surface area contributed by atoms with Gasteiger partial charge < -0.3 is 10.1 Å². The second kappa shape index (κ2) is 8.90. The van der Waals surface area contributed by atoms with Gasteiger partial charge >= 0.3 is 0 Å². The van der Waals surface area contributed by atoms with Crippen molar-refractivity contribution in [1.29, 1.82) is 0 Å². The third kappa shape index (κ3) is 6.29. The zero-order valence-electron chi connectivity index (χ0n) is 16.2. The fraction of sp³-hybridized carbons (Fsp3) is 0.350. The van der Waals surface area contributed by atoms with Gasteiger partial charge in [0.2, 0.25) is 15.9 Å². The number of aryl methyl sites for hydroxylation is 3. The Balaban J connectivity index is 1.92. The molecule has 7 heteroatoms. The maximum absolute atomic E-state index is 12.2. The van der Waals surface area contributed by atoms with Crippen LogP contribution in [0, 0.1) is 20.8 Å². The summed E-state index contributed by atoms with van der Waals surface area (Å²) in [5.41, 5.74) is 3.65. The van der Waals surface area contributed by atoms with Crippen molar-refractivity contribution in [3.8, 4) is 5.75 Å². The lowest BCUT2D eigenvalue weighted by atomic mass is 10.1. The number of nitrogens with zero attached hydrogens (tertiary/aromatic N) is 1. The molecule has 2 aromatic carbocycles. The Bertz CT molecular complexity index is 893. The van der Waals surface area contributed by atoms with Gasteiger partial charge in [-0.3, -0.25) is 9.10 Å². The summed E-state index contributed by atoms with van der Waals surface area (Å²) < 4.78 is 30.9. The molecule has 146 valence electrons. The van der Waals surface area contributed by atoms with Crippen molar-refractivity contribution in [1.82, 2.24) is 5.32 Å². The normalized spacial score (nSPS) is 11.1. The van der Waals surface area contributed by atoms with Crippen molar-refractivity contribution in [2.45, 2.75) is 20.8 Å². The smallest absolute Gasteiger partial charge is 0.240 e. The zero-order chi connectivity index (χ0) is 20.0. The summed E-state index contributed by atoms with van der Waals surface area (Å²) in [4.78, 5) is 12.2. The Morgan fingerprint density at radius 3 is 2.30 bits per heavy atom. The van der Waals surface area contributed by atoms with Gasteiger partial charge in [-0.2, -0.15) is 0 Å². The highest BCUT2D eigenvalue weighted by Crippen LogP contribution is 2.21.